The molecular weight excluding hydrogens is 278 g/mol. The Morgan fingerprint density at radius 3 is 2.24 bits per heavy atom. The zero-order chi connectivity index (χ0) is 12.6. The first-order chi connectivity index (χ1) is 8.00. The maximum atomic E-state index is 5.78. The Kier molecular flexibility index (Phi) is 3.24. The molecule has 0 aliphatic rings. The molecule has 0 bridgehead atoms. The van der Waals surface area contributed by atoms with Gasteiger partial charge in [0.05, 0.1) is 0 Å². The van der Waals surface area contributed by atoms with Gasteiger partial charge in [-0.3, -0.25) is 0 Å². The van der Waals surface area contributed by atoms with Crippen molar-refractivity contribution < 1.29 is 0 Å². The second-order valence-electron chi connectivity index (χ2n) is 4.45. The predicted molar refractivity (Wildman–Crippen MR) is 74.8 cm³/mol. The first-order valence-electron chi connectivity index (χ1n) is 5.58. The van der Waals surface area contributed by atoms with Crippen molar-refractivity contribution in [3.63, 3.8) is 0 Å². The third-order valence-corrected chi connectivity index (χ3v) is 3.82. The van der Waals surface area contributed by atoms with Crippen molar-refractivity contribution >= 4 is 21.9 Å². The van der Waals surface area contributed by atoms with Gasteiger partial charge >= 0.3 is 0 Å². The summed E-state index contributed by atoms with van der Waals surface area (Å²) in [4.78, 5) is 4.35. The Balaban J connectivity index is 2.43. The van der Waals surface area contributed by atoms with Crippen LogP contribution in [0.15, 0.2) is 28.9 Å². The smallest absolute Gasteiger partial charge is 0.201 e. The molecule has 0 amide bonds. The van der Waals surface area contributed by atoms with Crippen LogP contribution in [0.5, 0.6) is 0 Å². The average Bonchev–Trinajstić information content (AvgIpc) is 2.57. The molecule has 2 N–H and O–H groups in total. The van der Waals surface area contributed by atoms with Crippen LogP contribution in [-0.2, 0) is 7.05 Å². The van der Waals surface area contributed by atoms with Crippen molar-refractivity contribution in [3.05, 3.63) is 34.4 Å². The van der Waals surface area contributed by atoms with Gasteiger partial charge in [0.1, 0.15) is 10.3 Å². The number of imidazole rings is 1. The minimum atomic E-state index is 0.514. The van der Waals surface area contributed by atoms with Gasteiger partial charge in [-0.25, -0.2) is 4.98 Å². The second kappa shape index (κ2) is 4.53. The molecule has 0 saturated carbocycles. The van der Waals surface area contributed by atoms with E-state index in [0.717, 1.165) is 15.9 Å². The van der Waals surface area contributed by atoms with Crippen LogP contribution >= 0.6 is 15.9 Å². The third-order valence-electron chi connectivity index (χ3n) is 2.91. The number of nitrogen functional groups attached to an aromatic ring is 1. The molecule has 0 radical (unpaired) electrons. The van der Waals surface area contributed by atoms with Gasteiger partial charge in [-0.2, -0.15) is 0 Å². The fourth-order valence-electron chi connectivity index (χ4n) is 1.70. The Bertz CT molecular complexity index is 526. The Hall–Kier alpha value is -1.29. The lowest BCUT2D eigenvalue weighted by molar-refractivity contribution is 0.867. The molecule has 0 unspecified atom stereocenters. The van der Waals surface area contributed by atoms with E-state index in [1.165, 1.54) is 5.56 Å². The summed E-state index contributed by atoms with van der Waals surface area (Å²) in [6, 6.07) is 8.44. The number of halogens is 1. The van der Waals surface area contributed by atoms with Crippen molar-refractivity contribution in [3.8, 4) is 11.3 Å². The van der Waals surface area contributed by atoms with Crippen LogP contribution in [0.3, 0.4) is 0 Å². The molecular formula is C13H16BrN3. The summed E-state index contributed by atoms with van der Waals surface area (Å²) in [5, 5.41) is 0. The lowest BCUT2D eigenvalue weighted by atomic mass is 10.0. The molecule has 0 fully saturated rings. The highest BCUT2D eigenvalue weighted by Gasteiger charge is 2.12. The maximum Gasteiger partial charge on any atom is 0.201 e. The first kappa shape index (κ1) is 12.2. The summed E-state index contributed by atoms with van der Waals surface area (Å²) >= 11 is 3.51. The normalized spacial score (nSPS) is 11.1. The maximum absolute atomic E-state index is 5.78. The predicted octanol–water partition coefficient (Wildman–Crippen LogP) is 3.56. The fraction of sp³-hybridized carbons (Fsp3) is 0.308. The number of hydrogen-bond donors (Lipinski definition) is 1. The van der Waals surface area contributed by atoms with E-state index in [1.54, 1.807) is 0 Å². The Labute approximate surface area is 110 Å². The van der Waals surface area contributed by atoms with E-state index >= 15 is 0 Å². The summed E-state index contributed by atoms with van der Waals surface area (Å²) in [6.07, 6.45) is 0. The second-order valence-corrected chi connectivity index (χ2v) is 5.20. The molecule has 2 rings (SSSR count). The molecule has 0 spiro atoms. The van der Waals surface area contributed by atoms with E-state index in [4.69, 9.17) is 5.73 Å². The van der Waals surface area contributed by atoms with Crippen LogP contribution < -0.4 is 5.73 Å². The highest BCUT2D eigenvalue weighted by atomic mass is 79.9. The number of aromatic nitrogens is 2. The molecule has 0 aliphatic carbocycles. The van der Waals surface area contributed by atoms with E-state index in [-0.39, 0.29) is 0 Å². The highest BCUT2D eigenvalue weighted by Crippen LogP contribution is 2.29. The van der Waals surface area contributed by atoms with Crippen LogP contribution in [0, 0.1) is 0 Å². The van der Waals surface area contributed by atoms with Crippen LogP contribution in [0.2, 0.25) is 0 Å². The minimum absolute atomic E-state index is 0.514. The van der Waals surface area contributed by atoms with Crippen LogP contribution in [0.1, 0.15) is 25.3 Å². The lowest BCUT2D eigenvalue weighted by Gasteiger charge is -2.05. The van der Waals surface area contributed by atoms with Crippen molar-refractivity contribution in [2.24, 2.45) is 7.05 Å². The standard InChI is InChI=1S/C13H16BrN3/c1-8(2)9-4-6-10(7-5-9)11-12(14)17(3)13(15)16-11/h4-8H,1-3H3,(H2,15,16). The topological polar surface area (TPSA) is 43.8 Å². The molecule has 90 valence electrons. The van der Waals surface area contributed by atoms with E-state index in [0.29, 0.717) is 11.9 Å². The molecule has 2 aromatic rings. The quantitative estimate of drug-likeness (QED) is 0.920. The number of nitrogens with two attached hydrogens (primary N) is 1. The van der Waals surface area contributed by atoms with E-state index < -0.39 is 0 Å². The monoisotopic (exact) mass is 293 g/mol. The molecule has 0 saturated heterocycles. The SMILES string of the molecule is CC(C)c1ccc(-c2nc(N)n(C)c2Br)cc1. The van der Waals surface area contributed by atoms with E-state index in [9.17, 15) is 0 Å². The number of anilines is 1. The van der Waals surface area contributed by atoms with Gasteiger partial charge in [-0.05, 0) is 27.4 Å². The van der Waals surface area contributed by atoms with Crippen LogP contribution in [-0.4, -0.2) is 9.55 Å². The Morgan fingerprint density at radius 1 is 1.24 bits per heavy atom. The molecule has 0 aliphatic heterocycles. The largest absolute Gasteiger partial charge is 0.369 e. The lowest BCUT2D eigenvalue weighted by Crippen LogP contribution is -1.96. The van der Waals surface area contributed by atoms with Crippen molar-refractivity contribution in [1.82, 2.24) is 9.55 Å². The summed E-state index contributed by atoms with van der Waals surface area (Å²) in [7, 11) is 1.89. The van der Waals surface area contributed by atoms with Gasteiger partial charge in [0.25, 0.3) is 0 Å². The van der Waals surface area contributed by atoms with Crippen molar-refractivity contribution in [2.45, 2.75) is 19.8 Å². The summed E-state index contributed by atoms with van der Waals surface area (Å²) in [5.41, 5.74) is 9.07. The van der Waals surface area contributed by atoms with Gasteiger partial charge in [0, 0.05) is 12.6 Å². The Morgan fingerprint density at radius 2 is 1.82 bits per heavy atom. The molecule has 1 aromatic heterocycles. The molecule has 17 heavy (non-hydrogen) atoms. The van der Waals surface area contributed by atoms with Crippen molar-refractivity contribution in [1.29, 1.82) is 0 Å². The third kappa shape index (κ3) is 2.22. The molecule has 0 atom stereocenters. The number of nitrogens with zero attached hydrogens (tertiary/aromatic N) is 2. The van der Waals surface area contributed by atoms with Gasteiger partial charge in [0.15, 0.2) is 0 Å². The van der Waals surface area contributed by atoms with E-state index in [1.807, 2.05) is 11.6 Å². The number of rotatable bonds is 2. The zero-order valence-electron chi connectivity index (χ0n) is 10.2. The average molecular weight is 294 g/mol. The van der Waals surface area contributed by atoms with E-state index in [2.05, 4.69) is 59.0 Å². The molecule has 3 nitrogen and oxygen atoms in total. The molecule has 1 heterocycles. The van der Waals surface area contributed by atoms with Gasteiger partial charge in [0.2, 0.25) is 5.95 Å². The molecule has 1 aromatic carbocycles. The molecule has 4 heteroatoms. The summed E-state index contributed by atoms with van der Waals surface area (Å²) < 4.78 is 2.73. The number of benzene rings is 1. The van der Waals surface area contributed by atoms with Gasteiger partial charge < -0.3 is 10.3 Å². The van der Waals surface area contributed by atoms with Crippen molar-refractivity contribution in [2.75, 3.05) is 5.73 Å². The zero-order valence-corrected chi connectivity index (χ0v) is 11.8. The van der Waals surface area contributed by atoms with Gasteiger partial charge in [-0.1, -0.05) is 38.1 Å². The first-order valence-corrected chi connectivity index (χ1v) is 6.38. The number of hydrogen-bond acceptors (Lipinski definition) is 2. The highest BCUT2D eigenvalue weighted by molar-refractivity contribution is 9.10. The summed E-state index contributed by atoms with van der Waals surface area (Å²) in [5.74, 6) is 1.06. The summed E-state index contributed by atoms with van der Waals surface area (Å²) in [6.45, 7) is 4.37. The van der Waals surface area contributed by atoms with Crippen LogP contribution in [0.25, 0.3) is 11.3 Å². The van der Waals surface area contributed by atoms with Crippen LogP contribution in [0.4, 0.5) is 5.95 Å². The fourth-order valence-corrected chi connectivity index (χ4v) is 2.20. The minimum Gasteiger partial charge on any atom is -0.369 e. The van der Waals surface area contributed by atoms with Gasteiger partial charge in [-0.15, -0.1) is 0 Å².